The van der Waals surface area contributed by atoms with Gasteiger partial charge in [0.2, 0.25) is 10.9 Å². The number of para-hydroxylation sites is 1. The molecule has 3 heterocycles. The van der Waals surface area contributed by atoms with Crippen LogP contribution in [0.1, 0.15) is 12.5 Å². The smallest absolute Gasteiger partial charge is 0.241 e. The van der Waals surface area contributed by atoms with Gasteiger partial charge in [-0.1, -0.05) is 101 Å². The van der Waals surface area contributed by atoms with Crippen molar-refractivity contribution in [2.45, 2.75) is 11.9 Å². The Bertz CT molecular complexity index is 1530. The Labute approximate surface area is 222 Å². The van der Waals surface area contributed by atoms with Crippen LogP contribution >= 0.6 is 34.7 Å². The Morgan fingerprint density at radius 2 is 1.83 bits per heavy atom. The maximum absolute atomic E-state index is 13.5. The molecule has 3 aromatic carbocycles. The van der Waals surface area contributed by atoms with Crippen LogP contribution in [-0.4, -0.2) is 27.4 Å². The first-order valence-electron chi connectivity index (χ1n) is 11.4. The summed E-state index contributed by atoms with van der Waals surface area (Å²) in [6, 6.07) is 25.7. The molecule has 36 heavy (non-hydrogen) atoms. The van der Waals surface area contributed by atoms with E-state index in [0.29, 0.717) is 15.9 Å². The Hall–Kier alpha value is -3.39. The third kappa shape index (κ3) is 3.84. The number of carbonyl (C=O) groups excluding carboxylic acids is 1. The lowest BCUT2D eigenvalue weighted by atomic mass is 10.1. The van der Waals surface area contributed by atoms with E-state index >= 15 is 0 Å². The molecule has 0 saturated carbocycles. The quantitative estimate of drug-likeness (QED) is 0.280. The number of hydrogen-bond donors (Lipinski definition) is 0. The van der Waals surface area contributed by atoms with Crippen LogP contribution in [0, 0.1) is 0 Å². The molecule has 0 aliphatic carbocycles. The van der Waals surface area contributed by atoms with Crippen LogP contribution in [-0.2, 0) is 4.79 Å². The number of thiazole rings is 1. The van der Waals surface area contributed by atoms with Crippen LogP contribution in [0.4, 0.5) is 10.8 Å². The van der Waals surface area contributed by atoms with Crippen molar-refractivity contribution in [3.63, 3.8) is 0 Å². The van der Waals surface area contributed by atoms with Gasteiger partial charge in [0, 0.05) is 10.6 Å². The molecule has 8 heteroatoms. The Balaban J connectivity index is 1.53. The van der Waals surface area contributed by atoms with Crippen LogP contribution in [0.2, 0.25) is 5.02 Å². The van der Waals surface area contributed by atoms with Crippen molar-refractivity contribution in [3.8, 4) is 0 Å². The van der Waals surface area contributed by atoms with E-state index in [4.69, 9.17) is 21.7 Å². The van der Waals surface area contributed by atoms with Crippen LogP contribution in [0.15, 0.2) is 102 Å². The van der Waals surface area contributed by atoms with Crippen molar-refractivity contribution in [2.75, 3.05) is 15.7 Å². The molecule has 178 valence electrons. The number of hydrogen-bond acceptors (Lipinski definition) is 6. The predicted molar refractivity (Wildman–Crippen MR) is 153 cm³/mol. The highest BCUT2D eigenvalue weighted by molar-refractivity contribution is 8.02. The molecule has 1 aromatic heterocycles. The maximum Gasteiger partial charge on any atom is 0.241 e. The van der Waals surface area contributed by atoms with E-state index in [1.165, 1.54) is 11.3 Å². The highest BCUT2D eigenvalue weighted by Crippen LogP contribution is 2.53. The number of fused-ring (bicyclic) bond motifs is 1. The first-order valence-corrected chi connectivity index (χ1v) is 13.6. The molecule has 1 fully saturated rings. The molecule has 0 radical (unpaired) electrons. The zero-order valence-electron chi connectivity index (χ0n) is 19.3. The van der Waals surface area contributed by atoms with Gasteiger partial charge in [-0.25, -0.2) is 14.9 Å². The van der Waals surface area contributed by atoms with Gasteiger partial charge in [-0.2, -0.15) is 5.10 Å². The predicted octanol–water partition coefficient (Wildman–Crippen LogP) is 7.22. The van der Waals surface area contributed by atoms with Crippen molar-refractivity contribution in [3.05, 3.63) is 107 Å². The number of anilines is 2. The van der Waals surface area contributed by atoms with E-state index < -0.39 is 4.99 Å². The molecule has 5 nitrogen and oxygen atoms in total. The topological polar surface area (TPSA) is 48.8 Å². The van der Waals surface area contributed by atoms with Crippen LogP contribution in [0.25, 0.3) is 16.3 Å². The van der Waals surface area contributed by atoms with Gasteiger partial charge in [0.05, 0.1) is 27.4 Å². The Kier molecular flexibility index (Phi) is 5.91. The van der Waals surface area contributed by atoms with E-state index in [1.807, 2.05) is 89.6 Å². The maximum atomic E-state index is 13.5. The first kappa shape index (κ1) is 23.0. The summed E-state index contributed by atoms with van der Waals surface area (Å²) in [5.74, 6) is 0.309. The fourth-order valence-corrected chi connectivity index (χ4v) is 7.20. The number of amides is 1. The normalized spacial score (nSPS) is 21.0. The minimum atomic E-state index is -0.916. The van der Waals surface area contributed by atoms with Crippen molar-refractivity contribution in [1.29, 1.82) is 0 Å². The van der Waals surface area contributed by atoms with Gasteiger partial charge in [-0.15, -0.1) is 0 Å². The zero-order chi connectivity index (χ0) is 24.7. The monoisotopic (exact) mass is 528 g/mol. The number of aromatic nitrogens is 1. The lowest BCUT2D eigenvalue weighted by molar-refractivity contribution is -0.116. The molecular formula is C28H21ClN4OS2. The molecule has 1 amide bonds. The number of thioether (sulfide) groups is 1. The zero-order valence-corrected chi connectivity index (χ0v) is 21.7. The number of carbonyl (C=O) groups is 1. The SMILES string of the molecule is CC1=NN(c2cccc(Cl)c2)C2(SCC(=O)N2c2nc3ccccc3s2)/C1=C/C=C\c1ccccc1. The number of hydrazone groups is 1. The summed E-state index contributed by atoms with van der Waals surface area (Å²) >= 11 is 9.44. The molecule has 1 unspecified atom stereocenters. The second kappa shape index (κ2) is 9.24. The number of benzene rings is 3. The van der Waals surface area contributed by atoms with Gasteiger partial charge in [0.1, 0.15) is 0 Å². The molecule has 1 spiro atoms. The third-order valence-corrected chi connectivity index (χ3v) is 8.73. The van der Waals surface area contributed by atoms with Gasteiger partial charge < -0.3 is 0 Å². The third-order valence-electron chi connectivity index (χ3n) is 6.10. The van der Waals surface area contributed by atoms with Crippen LogP contribution < -0.4 is 9.91 Å². The number of nitrogens with zero attached hydrogens (tertiary/aromatic N) is 4. The molecule has 0 bridgehead atoms. The van der Waals surface area contributed by atoms with Gasteiger partial charge in [0.25, 0.3) is 0 Å². The molecule has 2 aliphatic heterocycles. The summed E-state index contributed by atoms with van der Waals surface area (Å²) in [4.78, 5) is 19.3. The largest absolute Gasteiger partial charge is 0.273 e. The lowest BCUT2D eigenvalue weighted by Gasteiger charge is -2.40. The number of rotatable bonds is 4. The van der Waals surface area contributed by atoms with Crippen LogP contribution in [0.3, 0.4) is 0 Å². The van der Waals surface area contributed by atoms with Gasteiger partial charge in [-0.3, -0.25) is 4.79 Å². The average molecular weight is 529 g/mol. The summed E-state index contributed by atoms with van der Waals surface area (Å²) in [7, 11) is 0. The summed E-state index contributed by atoms with van der Waals surface area (Å²) in [5.41, 5.74) is 4.55. The minimum Gasteiger partial charge on any atom is -0.273 e. The molecule has 0 N–H and O–H groups in total. The fourth-order valence-electron chi connectivity index (χ4n) is 4.52. The summed E-state index contributed by atoms with van der Waals surface area (Å²) in [6.45, 7) is 1.98. The lowest BCUT2D eigenvalue weighted by Crippen LogP contribution is -2.54. The number of halogens is 1. The molecule has 6 rings (SSSR count). The van der Waals surface area contributed by atoms with E-state index in [2.05, 4.69) is 24.3 Å². The molecule has 2 aliphatic rings. The Morgan fingerprint density at radius 1 is 1.03 bits per heavy atom. The van der Waals surface area contributed by atoms with Crippen molar-refractivity contribution in [1.82, 2.24) is 4.98 Å². The highest BCUT2D eigenvalue weighted by atomic mass is 35.5. The fraction of sp³-hybridized carbons (Fsp3) is 0.107. The summed E-state index contributed by atoms with van der Waals surface area (Å²) < 4.78 is 1.03. The van der Waals surface area contributed by atoms with Gasteiger partial charge >= 0.3 is 0 Å². The average Bonchev–Trinajstić information content (AvgIpc) is 3.54. The second-order valence-corrected chi connectivity index (χ2v) is 11.0. The van der Waals surface area contributed by atoms with E-state index in [1.54, 1.807) is 11.8 Å². The standard InChI is InChI=1S/C28H21ClN4OS2/c1-19-23(14-7-11-20-9-3-2-4-10-20)28(33(31-19)22-13-8-12-21(29)17-22)32(26(34)18-35-28)27-30-24-15-5-6-16-25(24)36-27/h2-17H,18H2,1H3/b11-7-,23-14+. The summed E-state index contributed by atoms with van der Waals surface area (Å²) in [5, 5.41) is 8.14. The van der Waals surface area contributed by atoms with Gasteiger partial charge in [0.15, 0.2) is 5.13 Å². The van der Waals surface area contributed by atoms with Crippen molar-refractivity contribution >= 4 is 73.4 Å². The molecule has 1 saturated heterocycles. The second-order valence-electron chi connectivity index (χ2n) is 8.42. The van der Waals surface area contributed by atoms with E-state index in [-0.39, 0.29) is 5.91 Å². The van der Waals surface area contributed by atoms with E-state index in [9.17, 15) is 4.79 Å². The molecule has 1 atom stereocenters. The minimum absolute atomic E-state index is 0.00563. The number of allylic oxidation sites excluding steroid dienone is 2. The van der Waals surface area contributed by atoms with Crippen LogP contribution in [0.5, 0.6) is 0 Å². The first-order chi connectivity index (χ1) is 17.6. The molecular weight excluding hydrogens is 508 g/mol. The van der Waals surface area contributed by atoms with Gasteiger partial charge in [-0.05, 0) is 42.8 Å². The van der Waals surface area contributed by atoms with Crippen molar-refractivity contribution < 1.29 is 4.79 Å². The van der Waals surface area contributed by atoms with Crippen molar-refractivity contribution in [2.24, 2.45) is 5.10 Å². The highest BCUT2D eigenvalue weighted by Gasteiger charge is 2.59. The molecule has 4 aromatic rings. The summed E-state index contributed by atoms with van der Waals surface area (Å²) in [6.07, 6.45) is 6.13. The van der Waals surface area contributed by atoms with E-state index in [0.717, 1.165) is 32.8 Å². The Morgan fingerprint density at radius 3 is 2.64 bits per heavy atom.